The lowest BCUT2D eigenvalue weighted by molar-refractivity contribution is -0.126. The predicted octanol–water partition coefficient (Wildman–Crippen LogP) is 1.12. The zero-order valence-corrected chi connectivity index (χ0v) is 13.6. The Bertz CT molecular complexity index is 350. The molecule has 3 N–H and O–H groups in total. The molecule has 3 unspecified atom stereocenters. The van der Waals surface area contributed by atoms with E-state index in [-0.39, 0.29) is 5.91 Å². The number of carbonyl (C=O) groups is 1. The molecule has 0 spiro atoms. The summed E-state index contributed by atoms with van der Waals surface area (Å²) in [5, 5.41) is 3.40. The Morgan fingerprint density at radius 3 is 2.95 bits per heavy atom. The maximum absolute atomic E-state index is 12.0. The monoisotopic (exact) mass is 297 g/mol. The molecule has 0 bridgehead atoms. The Balaban J connectivity index is 1.90. The van der Waals surface area contributed by atoms with Crippen LogP contribution in [0.4, 0.5) is 0 Å². The van der Waals surface area contributed by atoms with Crippen molar-refractivity contribution in [3.8, 4) is 0 Å². The van der Waals surface area contributed by atoms with E-state index in [0.29, 0.717) is 12.0 Å². The van der Waals surface area contributed by atoms with E-state index in [1.165, 1.54) is 0 Å². The van der Waals surface area contributed by atoms with Crippen molar-refractivity contribution in [3.05, 3.63) is 0 Å². The van der Waals surface area contributed by atoms with Gasteiger partial charge < -0.3 is 15.8 Å². The highest BCUT2D eigenvalue weighted by atomic mass is 16.5. The molecule has 2 aliphatic rings. The van der Waals surface area contributed by atoms with Gasteiger partial charge in [-0.1, -0.05) is 20.3 Å². The Morgan fingerprint density at radius 2 is 2.29 bits per heavy atom. The zero-order valence-electron chi connectivity index (χ0n) is 13.6. The number of hydrogen-bond donors (Lipinski definition) is 2. The number of nitrogens with two attached hydrogens (primary N) is 1. The standard InChI is InChI=1S/C16H31N3O2/c1-3-14-12-19(10-11-21-14)9-7-13-6-5-8-16(13,15(17)20)18-4-2/h13-14,18H,3-12H2,1-2H3,(H2,17,20). The van der Waals surface area contributed by atoms with Gasteiger partial charge in [0.05, 0.1) is 12.7 Å². The molecule has 2 rings (SSSR count). The number of likely N-dealkylation sites (N-methyl/N-ethyl adjacent to an activating group) is 1. The van der Waals surface area contributed by atoms with Gasteiger partial charge in [0.15, 0.2) is 0 Å². The summed E-state index contributed by atoms with van der Waals surface area (Å²) in [6.07, 6.45) is 5.59. The minimum atomic E-state index is -0.467. The van der Waals surface area contributed by atoms with Crippen LogP contribution in [0, 0.1) is 5.92 Å². The molecule has 1 aliphatic carbocycles. The summed E-state index contributed by atoms with van der Waals surface area (Å²) in [5.41, 5.74) is 5.26. The van der Waals surface area contributed by atoms with Crippen LogP contribution in [-0.4, -0.2) is 55.2 Å². The molecule has 21 heavy (non-hydrogen) atoms. The van der Waals surface area contributed by atoms with Gasteiger partial charge in [0.25, 0.3) is 0 Å². The highest BCUT2D eigenvalue weighted by Gasteiger charge is 2.46. The lowest BCUT2D eigenvalue weighted by Gasteiger charge is -2.36. The van der Waals surface area contributed by atoms with Crippen LogP contribution < -0.4 is 11.1 Å². The van der Waals surface area contributed by atoms with Crippen LogP contribution >= 0.6 is 0 Å². The number of morpholine rings is 1. The summed E-state index contributed by atoms with van der Waals surface area (Å²) in [4.78, 5) is 14.5. The molecule has 0 aromatic heterocycles. The van der Waals surface area contributed by atoms with Gasteiger partial charge in [0, 0.05) is 13.1 Å². The first-order chi connectivity index (χ1) is 10.1. The first-order valence-corrected chi connectivity index (χ1v) is 8.51. The van der Waals surface area contributed by atoms with E-state index in [1.54, 1.807) is 0 Å². The highest BCUT2D eigenvalue weighted by molar-refractivity contribution is 5.85. The zero-order chi connectivity index (χ0) is 15.3. The van der Waals surface area contributed by atoms with Crippen molar-refractivity contribution in [2.45, 2.75) is 57.6 Å². The number of primary amides is 1. The summed E-state index contributed by atoms with van der Waals surface area (Å²) >= 11 is 0. The molecular formula is C16H31N3O2. The summed E-state index contributed by atoms with van der Waals surface area (Å²) in [6, 6.07) is 0. The third-order valence-electron chi connectivity index (χ3n) is 5.22. The third kappa shape index (κ3) is 3.76. The van der Waals surface area contributed by atoms with E-state index in [1.807, 2.05) is 6.92 Å². The molecule has 1 saturated carbocycles. The van der Waals surface area contributed by atoms with Crippen molar-refractivity contribution in [2.24, 2.45) is 11.7 Å². The largest absolute Gasteiger partial charge is 0.376 e. The Morgan fingerprint density at radius 1 is 1.48 bits per heavy atom. The number of carbonyl (C=O) groups excluding carboxylic acids is 1. The third-order valence-corrected chi connectivity index (χ3v) is 5.22. The smallest absolute Gasteiger partial charge is 0.238 e. The number of ether oxygens (including phenoxy) is 1. The van der Waals surface area contributed by atoms with E-state index in [9.17, 15) is 4.79 Å². The number of rotatable bonds is 7. The van der Waals surface area contributed by atoms with Crippen LogP contribution in [0.5, 0.6) is 0 Å². The van der Waals surface area contributed by atoms with Crippen molar-refractivity contribution in [2.75, 3.05) is 32.8 Å². The minimum Gasteiger partial charge on any atom is -0.376 e. The second-order valence-corrected chi connectivity index (χ2v) is 6.45. The van der Waals surface area contributed by atoms with Gasteiger partial charge in [-0.15, -0.1) is 0 Å². The van der Waals surface area contributed by atoms with Gasteiger partial charge >= 0.3 is 0 Å². The van der Waals surface area contributed by atoms with E-state index >= 15 is 0 Å². The maximum Gasteiger partial charge on any atom is 0.238 e. The number of hydrogen-bond acceptors (Lipinski definition) is 4. The molecule has 3 atom stereocenters. The van der Waals surface area contributed by atoms with Gasteiger partial charge in [-0.25, -0.2) is 0 Å². The molecule has 5 nitrogen and oxygen atoms in total. The normalized spacial score (nSPS) is 34.2. The van der Waals surface area contributed by atoms with Gasteiger partial charge in [-0.2, -0.15) is 0 Å². The van der Waals surface area contributed by atoms with Crippen molar-refractivity contribution >= 4 is 5.91 Å². The molecule has 0 aromatic carbocycles. The molecule has 0 aromatic rings. The quantitative estimate of drug-likeness (QED) is 0.739. The number of amides is 1. The molecule has 1 saturated heterocycles. The lowest BCUT2D eigenvalue weighted by atomic mass is 9.83. The summed E-state index contributed by atoms with van der Waals surface area (Å²) < 4.78 is 5.72. The van der Waals surface area contributed by atoms with Crippen molar-refractivity contribution in [3.63, 3.8) is 0 Å². The fraction of sp³-hybridized carbons (Fsp3) is 0.938. The van der Waals surface area contributed by atoms with Crippen molar-refractivity contribution < 1.29 is 9.53 Å². The van der Waals surface area contributed by atoms with Crippen LogP contribution in [0.25, 0.3) is 0 Å². The average Bonchev–Trinajstić information content (AvgIpc) is 2.90. The summed E-state index contributed by atoms with van der Waals surface area (Å²) in [6.45, 7) is 8.93. The second kappa shape index (κ2) is 7.56. The van der Waals surface area contributed by atoms with E-state index < -0.39 is 5.54 Å². The fourth-order valence-corrected chi connectivity index (χ4v) is 4.00. The molecule has 1 amide bonds. The molecule has 1 aliphatic heterocycles. The average molecular weight is 297 g/mol. The minimum absolute atomic E-state index is 0.166. The number of nitrogens with one attached hydrogen (secondary N) is 1. The van der Waals surface area contributed by atoms with E-state index in [0.717, 1.165) is 64.9 Å². The predicted molar refractivity (Wildman–Crippen MR) is 84.0 cm³/mol. The lowest BCUT2D eigenvalue weighted by Crippen LogP contribution is -2.58. The highest BCUT2D eigenvalue weighted by Crippen LogP contribution is 2.38. The first kappa shape index (κ1) is 16.7. The van der Waals surface area contributed by atoms with Crippen molar-refractivity contribution in [1.82, 2.24) is 10.2 Å². The molecular weight excluding hydrogens is 266 g/mol. The number of nitrogens with zero attached hydrogens (tertiary/aromatic N) is 1. The van der Waals surface area contributed by atoms with Gasteiger partial charge in [-0.3, -0.25) is 9.69 Å². The molecule has 1 heterocycles. The van der Waals surface area contributed by atoms with Crippen LogP contribution in [0.1, 0.15) is 46.0 Å². The van der Waals surface area contributed by atoms with Gasteiger partial charge in [0.2, 0.25) is 5.91 Å². The van der Waals surface area contributed by atoms with E-state index in [2.05, 4.69) is 17.1 Å². The van der Waals surface area contributed by atoms with E-state index in [4.69, 9.17) is 10.5 Å². The Hall–Kier alpha value is -0.650. The Labute approximate surface area is 128 Å². The SMILES string of the molecule is CCNC1(C(N)=O)CCCC1CCN1CCOC(CC)C1. The molecule has 122 valence electrons. The van der Waals surface area contributed by atoms with Crippen molar-refractivity contribution in [1.29, 1.82) is 0 Å². The van der Waals surface area contributed by atoms with Crippen LogP contribution in [0.15, 0.2) is 0 Å². The second-order valence-electron chi connectivity index (χ2n) is 6.45. The molecule has 0 radical (unpaired) electrons. The van der Waals surface area contributed by atoms with Gasteiger partial charge in [0.1, 0.15) is 5.54 Å². The molecule has 5 heteroatoms. The van der Waals surface area contributed by atoms with Crippen LogP contribution in [-0.2, 0) is 9.53 Å². The first-order valence-electron chi connectivity index (χ1n) is 8.51. The summed E-state index contributed by atoms with van der Waals surface area (Å²) in [5.74, 6) is 0.207. The Kier molecular flexibility index (Phi) is 6.02. The van der Waals surface area contributed by atoms with Crippen LogP contribution in [0.3, 0.4) is 0 Å². The van der Waals surface area contributed by atoms with Gasteiger partial charge in [-0.05, 0) is 44.7 Å². The summed E-state index contributed by atoms with van der Waals surface area (Å²) in [7, 11) is 0. The molecule has 2 fully saturated rings. The maximum atomic E-state index is 12.0. The fourth-order valence-electron chi connectivity index (χ4n) is 4.00. The topological polar surface area (TPSA) is 67.6 Å². The van der Waals surface area contributed by atoms with Crippen LogP contribution in [0.2, 0.25) is 0 Å².